The number of aromatic nitrogens is 1. The molecule has 3 rings (SSSR count). The molecule has 0 radical (unpaired) electrons. The second-order valence-corrected chi connectivity index (χ2v) is 7.59. The number of anilines is 1. The van der Waals surface area contributed by atoms with E-state index in [1.807, 2.05) is 19.1 Å². The Balaban J connectivity index is 2.03. The number of amides is 1. The fourth-order valence-electron chi connectivity index (χ4n) is 2.52. The van der Waals surface area contributed by atoms with Gasteiger partial charge in [0.1, 0.15) is 16.0 Å². The standard InChI is InChI=1S/C18H16BrClN2O3S/c1-4-22(18-21-12-9-11(20)5-6-15(12)26-18)17(23)10-7-13(24-2)16(19)14(8-10)25-3/h5-9H,4H2,1-3H3. The number of thiazole rings is 1. The Bertz CT molecular complexity index is 951. The van der Waals surface area contributed by atoms with Crippen LogP contribution in [-0.4, -0.2) is 31.7 Å². The zero-order valence-corrected chi connectivity index (χ0v) is 17.5. The van der Waals surface area contributed by atoms with Crippen LogP contribution in [0.25, 0.3) is 10.2 Å². The lowest BCUT2D eigenvalue weighted by Gasteiger charge is -2.19. The molecule has 0 bridgehead atoms. The van der Waals surface area contributed by atoms with Crippen LogP contribution in [0, 0.1) is 0 Å². The fraction of sp³-hybridized carbons (Fsp3) is 0.222. The van der Waals surface area contributed by atoms with Crippen LogP contribution in [0.2, 0.25) is 5.02 Å². The summed E-state index contributed by atoms with van der Waals surface area (Å²) in [5, 5.41) is 1.24. The average Bonchev–Trinajstić information content (AvgIpc) is 3.05. The van der Waals surface area contributed by atoms with Gasteiger partial charge in [0, 0.05) is 17.1 Å². The first-order valence-corrected chi connectivity index (χ1v) is 9.76. The number of ether oxygens (including phenoxy) is 2. The topological polar surface area (TPSA) is 51.7 Å². The molecule has 3 aromatic rings. The van der Waals surface area contributed by atoms with E-state index in [9.17, 15) is 4.79 Å². The van der Waals surface area contributed by atoms with Crippen LogP contribution in [0.3, 0.4) is 0 Å². The SMILES string of the molecule is CCN(C(=O)c1cc(OC)c(Br)c(OC)c1)c1nc2cc(Cl)ccc2s1. The number of benzene rings is 2. The number of methoxy groups -OCH3 is 2. The van der Waals surface area contributed by atoms with Gasteiger partial charge in [-0.15, -0.1) is 0 Å². The second kappa shape index (κ2) is 7.82. The van der Waals surface area contributed by atoms with Gasteiger partial charge in [-0.2, -0.15) is 0 Å². The summed E-state index contributed by atoms with van der Waals surface area (Å²) in [5.74, 6) is 0.876. The second-order valence-electron chi connectivity index (χ2n) is 5.35. The van der Waals surface area contributed by atoms with Crippen molar-refractivity contribution in [1.82, 2.24) is 4.98 Å². The van der Waals surface area contributed by atoms with E-state index in [0.717, 1.165) is 10.2 Å². The van der Waals surface area contributed by atoms with Gasteiger partial charge >= 0.3 is 0 Å². The van der Waals surface area contributed by atoms with Crippen molar-refractivity contribution in [2.75, 3.05) is 25.7 Å². The first-order chi connectivity index (χ1) is 12.5. The van der Waals surface area contributed by atoms with E-state index in [4.69, 9.17) is 21.1 Å². The average molecular weight is 456 g/mol. The van der Waals surface area contributed by atoms with Crippen LogP contribution >= 0.6 is 38.9 Å². The molecule has 0 spiro atoms. The van der Waals surface area contributed by atoms with Crippen LogP contribution < -0.4 is 14.4 Å². The Labute approximate surface area is 168 Å². The number of rotatable bonds is 5. The van der Waals surface area contributed by atoms with Crippen molar-refractivity contribution in [2.24, 2.45) is 0 Å². The highest BCUT2D eigenvalue weighted by molar-refractivity contribution is 9.10. The first-order valence-electron chi connectivity index (χ1n) is 7.78. The van der Waals surface area contributed by atoms with Crippen LogP contribution in [0.1, 0.15) is 17.3 Å². The number of carbonyl (C=O) groups excluding carboxylic acids is 1. The molecule has 0 aliphatic rings. The Hall–Kier alpha value is -1.83. The molecule has 0 fully saturated rings. The molecule has 1 aromatic heterocycles. The monoisotopic (exact) mass is 454 g/mol. The molecule has 2 aromatic carbocycles. The maximum atomic E-state index is 13.1. The zero-order chi connectivity index (χ0) is 18.8. The summed E-state index contributed by atoms with van der Waals surface area (Å²) >= 11 is 10.9. The maximum Gasteiger partial charge on any atom is 0.260 e. The molecule has 26 heavy (non-hydrogen) atoms. The molecule has 1 heterocycles. The van der Waals surface area contributed by atoms with E-state index >= 15 is 0 Å². The number of nitrogens with zero attached hydrogens (tertiary/aromatic N) is 2. The number of fused-ring (bicyclic) bond motifs is 1. The van der Waals surface area contributed by atoms with Gasteiger partial charge in [0.25, 0.3) is 5.91 Å². The minimum absolute atomic E-state index is 0.179. The lowest BCUT2D eigenvalue weighted by molar-refractivity contribution is 0.0987. The van der Waals surface area contributed by atoms with Crippen LogP contribution in [0.4, 0.5) is 5.13 Å². The fourth-order valence-corrected chi connectivity index (χ4v) is 4.25. The molecule has 0 saturated heterocycles. The van der Waals surface area contributed by atoms with Crippen LogP contribution in [0.5, 0.6) is 11.5 Å². The van der Waals surface area contributed by atoms with E-state index in [2.05, 4.69) is 20.9 Å². The van der Waals surface area contributed by atoms with E-state index in [0.29, 0.717) is 38.2 Å². The van der Waals surface area contributed by atoms with Crippen molar-refractivity contribution in [3.8, 4) is 11.5 Å². The van der Waals surface area contributed by atoms with E-state index in [1.54, 1.807) is 37.3 Å². The van der Waals surface area contributed by atoms with E-state index < -0.39 is 0 Å². The van der Waals surface area contributed by atoms with Gasteiger partial charge in [0.05, 0.1) is 24.4 Å². The highest BCUT2D eigenvalue weighted by Gasteiger charge is 2.22. The Morgan fingerprint density at radius 3 is 2.46 bits per heavy atom. The third-order valence-electron chi connectivity index (χ3n) is 3.82. The Kier molecular flexibility index (Phi) is 5.70. The molecule has 5 nitrogen and oxygen atoms in total. The van der Waals surface area contributed by atoms with Crippen molar-refractivity contribution >= 4 is 60.1 Å². The predicted molar refractivity (Wildman–Crippen MR) is 109 cm³/mol. The third kappa shape index (κ3) is 3.51. The third-order valence-corrected chi connectivity index (χ3v) is 5.90. The van der Waals surface area contributed by atoms with Gasteiger partial charge in [-0.25, -0.2) is 4.98 Å². The molecular weight excluding hydrogens is 440 g/mol. The maximum absolute atomic E-state index is 13.1. The Morgan fingerprint density at radius 2 is 1.88 bits per heavy atom. The lowest BCUT2D eigenvalue weighted by Crippen LogP contribution is -2.30. The zero-order valence-electron chi connectivity index (χ0n) is 14.4. The number of halogens is 2. The first kappa shape index (κ1) is 18.9. The van der Waals surface area contributed by atoms with Gasteiger partial charge in [0.15, 0.2) is 5.13 Å². The molecule has 0 unspecified atom stereocenters. The lowest BCUT2D eigenvalue weighted by atomic mass is 10.1. The van der Waals surface area contributed by atoms with Crippen molar-refractivity contribution in [3.63, 3.8) is 0 Å². The van der Waals surface area contributed by atoms with Gasteiger partial charge in [-0.05, 0) is 53.2 Å². The highest BCUT2D eigenvalue weighted by atomic mass is 79.9. The smallest absolute Gasteiger partial charge is 0.260 e. The van der Waals surface area contributed by atoms with E-state index in [-0.39, 0.29) is 5.91 Å². The summed E-state index contributed by atoms with van der Waals surface area (Å²) in [6.45, 7) is 2.39. The molecule has 0 N–H and O–H groups in total. The summed E-state index contributed by atoms with van der Waals surface area (Å²) in [6, 6.07) is 8.88. The molecule has 0 aliphatic heterocycles. The van der Waals surface area contributed by atoms with Gasteiger partial charge in [-0.1, -0.05) is 22.9 Å². The number of hydrogen-bond acceptors (Lipinski definition) is 5. The molecular formula is C18H16BrClN2O3S. The number of hydrogen-bond donors (Lipinski definition) is 0. The largest absolute Gasteiger partial charge is 0.495 e. The van der Waals surface area contributed by atoms with Gasteiger partial charge in [0.2, 0.25) is 0 Å². The van der Waals surface area contributed by atoms with Crippen molar-refractivity contribution in [1.29, 1.82) is 0 Å². The normalized spacial score (nSPS) is 10.8. The van der Waals surface area contributed by atoms with Crippen LogP contribution in [0.15, 0.2) is 34.8 Å². The number of carbonyl (C=O) groups is 1. The van der Waals surface area contributed by atoms with Crippen molar-refractivity contribution in [2.45, 2.75) is 6.92 Å². The quantitative estimate of drug-likeness (QED) is 0.517. The van der Waals surface area contributed by atoms with E-state index in [1.165, 1.54) is 11.3 Å². The molecule has 0 atom stereocenters. The summed E-state index contributed by atoms with van der Waals surface area (Å²) in [4.78, 5) is 19.3. The van der Waals surface area contributed by atoms with Crippen LogP contribution in [-0.2, 0) is 0 Å². The summed E-state index contributed by atoms with van der Waals surface area (Å²) in [5.41, 5.74) is 1.23. The summed E-state index contributed by atoms with van der Waals surface area (Å²) < 4.78 is 12.3. The molecule has 0 saturated carbocycles. The molecule has 1 amide bonds. The minimum atomic E-state index is -0.179. The molecule has 0 aliphatic carbocycles. The molecule has 8 heteroatoms. The van der Waals surface area contributed by atoms with Gasteiger partial charge < -0.3 is 9.47 Å². The van der Waals surface area contributed by atoms with Crippen molar-refractivity contribution < 1.29 is 14.3 Å². The highest BCUT2D eigenvalue weighted by Crippen LogP contribution is 2.37. The Morgan fingerprint density at radius 1 is 1.23 bits per heavy atom. The predicted octanol–water partition coefficient (Wildman–Crippen LogP) is 5.40. The van der Waals surface area contributed by atoms with Gasteiger partial charge in [-0.3, -0.25) is 9.69 Å². The van der Waals surface area contributed by atoms with Crippen molar-refractivity contribution in [3.05, 3.63) is 45.4 Å². The summed E-state index contributed by atoms with van der Waals surface area (Å²) in [7, 11) is 3.09. The minimum Gasteiger partial charge on any atom is -0.495 e. The molecule has 136 valence electrons. The summed E-state index contributed by atoms with van der Waals surface area (Å²) in [6.07, 6.45) is 0.